The third-order valence-corrected chi connectivity index (χ3v) is 9.78. The Morgan fingerprint density at radius 3 is 1.96 bits per heavy atom. The molecule has 1 saturated heterocycles. The molecule has 52 heavy (non-hydrogen) atoms. The van der Waals surface area contributed by atoms with Crippen molar-refractivity contribution >= 4 is 66.4 Å². The Morgan fingerprint density at radius 1 is 0.904 bits per heavy atom. The highest BCUT2D eigenvalue weighted by molar-refractivity contribution is 8.00. The molecule has 0 spiro atoms. The number of nitrogens with zero attached hydrogens (tertiary/aromatic N) is 1. The van der Waals surface area contributed by atoms with Crippen LogP contribution in [-0.2, 0) is 43.0 Å². The van der Waals surface area contributed by atoms with Crippen molar-refractivity contribution in [2.75, 3.05) is 18.6 Å². The van der Waals surface area contributed by atoms with Crippen molar-refractivity contribution in [3.05, 3.63) is 0 Å². The van der Waals surface area contributed by atoms with E-state index in [-0.39, 0.29) is 30.4 Å². The van der Waals surface area contributed by atoms with Gasteiger partial charge in [-0.2, -0.15) is 12.6 Å². The highest BCUT2D eigenvalue weighted by atomic mass is 32.2. The lowest BCUT2D eigenvalue weighted by atomic mass is 9.91. The standard InChI is InChI=1S/C25H42N2O8S.C10H20N2O3S/c1-23(2,3)34-21(31)17(26-22(32)35-24(4,5)6)13-11-10-12-16(20(30)33-9)19(29)18-14-36-25(7,8)27(18)15-28;11-7(10(14)15)4-2-1-3-5-9(13)8(12)6-16/h15-18H,10-14H2,1-9H3,(H,26,32);7-8,16H,1-6,11-12H2,(H,14,15)/p+2/t16?,17-,18?;7-,8?/m00/s1. The number of methoxy groups -OCH3 is 1. The minimum atomic E-state index is -1.03. The average Bonchev–Trinajstić information content (AvgIpc) is 3.34. The number of amides is 2. The zero-order valence-electron chi connectivity index (χ0n) is 32.5. The Labute approximate surface area is 318 Å². The number of carboxylic acid groups (broad SMARTS) is 1. The van der Waals surface area contributed by atoms with Crippen molar-refractivity contribution in [1.82, 2.24) is 10.2 Å². The average molecular weight is 781 g/mol. The molecule has 1 rings (SSSR count). The van der Waals surface area contributed by atoms with Crippen LogP contribution < -0.4 is 16.8 Å². The second-order valence-electron chi connectivity index (χ2n) is 15.3. The van der Waals surface area contributed by atoms with Crippen LogP contribution in [0.2, 0.25) is 0 Å². The molecule has 3 unspecified atom stereocenters. The number of quaternary nitrogens is 2. The van der Waals surface area contributed by atoms with Gasteiger partial charge in [-0.3, -0.25) is 19.2 Å². The van der Waals surface area contributed by atoms with Gasteiger partial charge >= 0.3 is 24.0 Å². The van der Waals surface area contributed by atoms with Gasteiger partial charge in [-0.25, -0.2) is 14.4 Å². The molecule has 2 amide bonds. The fraction of sp³-hybridized carbons (Fsp3) is 0.800. The molecule has 0 radical (unpaired) electrons. The molecule has 1 aliphatic rings. The van der Waals surface area contributed by atoms with Crippen LogP contribution in [0.25, 0.3) is 0 Å². The van der Waals surface area contributed by atoms with E-state index in [1.165, 1.54) is 23.8 Å². The predicted octanol–water partition coefficient (Wildman–Crippen LogP) is 2.19. The second kappa shape index (κ2) is 23.0. The summed E-state index contributed by atoms with van der Waals surface area (Å²) in [5, 5.41) is 11.2. The van der Waals surface area contributed by atoms with Crippen LogP contribution in [0.1, 0.15) is 113 Å². The minimum absolute atomic E-state index is 0.138. The molecule has 17 heteroatoms. The Hall–Kier alpha value is -2.89. The first-order valence-electron chi connectivity index (χ1n) is 17.6. The Bertz CT molecular complexity index is 1200. The first-order chi connectivity index (χ1) is 23.9. The maximum atomic E-state index is 13.2. The van der Waals surface area contributed by atoms with Gasteiger partial charge in [0.05, 0.1) is 12.0 Å². The van der Waals surface area contributed by atoms with Gasteiger partial charge in [0.1, 0.15) is 29.2 Å². The third kappa shape index (κ3) is 19.3. The van der Waals surface area contributed by atoms with Crippen molar-refractivity contribution < 1.29 is 64.3 Å². The van der Waals surface area contributed by atoms with Crippen molar-refractivity contribution in [3.63, 3.8) is 0 Å². The zero-order valence-corrected chi connectivity index (χ0v) is 34.2. The zero-order chi connectivity index (χ0) is 40.4. The van der Waals surface area contributed by atoms with Crippen LogP contribution >= 0.6 is 24.4 Å². The molecule has 0 aromatic heterocycles. The van der Waals surface area contributed by atoms with Crippen LogP contribution in [0.4, 0.5) is 4.79 Å². The largest absolute Gasteiger partial charge is 0.477 e. The van der Waals surface area contributed by atoms with Crippen molar-refractivity contribution in [2.45, 2.75) is 153 Å². The topological polar surface area (TPSA) is 238 Å². The summed E-state index contributed by atoms with van der Waals surface area (Å²) in [6, 6.07) is -2.42. The Kier molecular flexibility index (Phi) is 21.7. The second-order valence-corrected chi connectivity index (χ2v) is 17.2. The summed E-state index contributed by atoms with van der Waals surface area (Å²) in [4.78, 5) is 85.0. The quantitative estimate of drug-likeness (QED) is 0.0299. The smallest absolute Gasteiger partial charge is 0.408 e. The number of carbonyl (C=O) groups excluding carboxylic acids is 6. The number of hydrogen-bond acceptors (Lipinski definition) is 12. The SMILES string of the molecule is COC(=O)C(CCCC[C@H](NC(=O)OC(C)(C)C)C(=O)OC(C)(C)C)C(=O)C1CSC(C)(C)N1C=O.[NH3+]C(CS)C(=O)CCCCC[C@H]([NH3+])C(=O)O. The summed E-state index contributed by atoms with van der Waals surface area (Å²) in [5.41, 5.74) is 5.74. The van der Waals surface area contributed by atoms with Gasteiger partial charge in [0, 0.05) is 24.3 Å². The highest BCUT2D eigenvalue weighted by Gasteiger charge is 2.46. The molecule has 15 nitrogen and oxygen atoms in total. The third-order valence-electron chi connectivity index (χ3n) is 7.94. The van der Waals surface area contributed by atoms with Crippen LogP contribution in [0.15, 0.2) is 0 Å². The normalized spacial score (nSPS) is 17.7. The number of thioether (sulfide) groups is 1. The van der Waals surface area contributed by atoms with E-state index in [1.54, 1.807) is 41.5 Å². The molecule has 5 atom stereocenters. The Balaban J connectivity index is 0.00000136. The molecule has 0 saturated carbocycles. The lowest BCUT2D eigenvalue weighted by Gasteiger charge is -2.31. The van der Waals surface area contributed by atoms with Gasteiger partial charge in [0.2, 0.25) is 6.41 Å². The van der Waals surface area contributed by atoms with E-state index >= 15 is 0 Å². The lowest BCUT2D eigenvalue weighted by molar-refractivity contribution is -0.409. The molecule has 0 aromatic carbocycles. The molecule has 0 aromatic rings. The summed E-state index contributed by atoms with van der Waals surface area (Å²) in [5.74, 6) is -2.48. The van der Waals surface area contributed by atoms with Crippen molar-refractivity contribution in [3.8, 4) is 0 Å². The number of thiol groups is 1. The van der Waals surface area contributed by atoms with E-state index in [1.807, 2.05) is 13.8 Å². The van der Waals surface area contributed by atoms with Gasteiger partial charge in [0.15, 0.2) is 23.7 Å². The molecule has 1 aliphatic heterocycles. The first kappa shape index (κ1) is 49.1. The number of nitrogens with one attached hydrogen (secondary N) is 1. The summed E-state index contributed by atoms with van der Waals surface area (Å²) in [6.07, 6.45) is 4.70. The molecule has 0 bridgehead atoms. The van der Waals surface area contributed by atoms with Crippen LogP contribution in [0.5, 0.6) is 0 Å². The molecule has 1 heterocycles. The number of ether oxygens (including phenoxy) is 3. The maximum Gasteiger partial charge on any atom is 0.408 e. The van der Waals surface area contributed by atoms with Crippen molar-refractivity contribution in [2.24, 2.45) is 5.92 Å². The summed E-state index contributed by atoms with van der Waals surface area (Å²) in [6.45, 7) is 14.0. The van der Waals surface area contributed by atoms with Gasteiger partial charge in [-0.05, 0) is 81.1 Å². The number of rotatable bonds is 20. The van der Waals surface area contributed by atoms with Crippen LogP contribution in [0, 0.1) is 5.92 Å². The van der Waals surface area contributed by atoms with E-state index in [0.29, 0.717) is 43.6 Å². The van der Waals surface area contributed by atoms with Crippen molar-refractivity contribution in [1.29, 1.82) is 0 Å². The maximum absolute atomic E-state index is 13.2. The molecule has 0 aliphatic carbocycles. The van der Waals surface area contributed by atoms with Crippen LogP contribution in [0.3, 0.4) is 0 Å². The molecule has 8 N–H and O–H groups in total. The van der Waals surface area contributed by atoms with E-state index in [2.05, 4.69) is 29.4 Å². The molecule has 300 valence electrons. The number of hydrogen-bond donors (Lipinski definition) is 5. The number of aliphatic carboxylic acids is 1. The van der Waals surface area contributed by atoms with E-state index in [4.69, 9.17) is 19.3 Å². The number of carbonyl (C=O) groups is 7. The number of unbranched alkanes of at least 4 members (excludes halogenated alkanes) is 3. The number of esters is 2. The van der Waals surface area contributed by atoms with E-state index in [0.717, 1.165) is 19.3 Å². The van der Waals surface area contributed by atoms with Gasteiger partial charge < -0.3 is 41.0 Å². The monoisotopic (exact) mass is 780 g/mol. The van der Waals surface area contributed by atoms with Gasteiger partial charge in [0.25, 0.3) is 0 Å². The number of Topliss-reactive ketones (excluding diaryl/α,β-unsaturated/α-hetero) is 2. The van der Waals surface area contributed by atoms with E-state index in [9.17, 15) is 33.6 Å². The minimum Gasteiger partial charge on any atom is -0.477 e. The summed E-state index contributed by atoms with van der Waals surface area (Å²) < 4.78 is 15.6. The Morgan fingerprint density at radius 2 is 1.46 bits per heavy atom. The van der Waals surface area contributed by atoms with E-state index < -0.39 is 64.1 Å². The fourth-order valence-corrected chi connectivity index (χ4v) is 6.46. The molecular formula is C35H64N4O11S2+2. The summed E-state index contributed by atoms with van der Waals surface area (Å²) in [7, 11) is 1.22. The highest BCUT2D eigenvalue weighted by Crippen LogP contribution is 2.39. The number of carboxylic acids is 1. The number of alkyl carbamates (subject to hydrolysis) is 1. The van der Waals surface area contributed by atoms with Crippen LogP contribution in [-0.4, -0.2) is 111 Å². The van der Waals surface area contributed by atoms with Gasteiger partial charge in [-0.1, -0.05) is 19.3 Å². The fourth-order valence-electron chi connectivity index (χ4n) is 5.05. The first-order valence-corrected chi connectivity index (χ1v) is 19.3. The molecule has 1 fully saturated rings. The lowest BCUT2D eigenvalue weighted by Crippen LogP contribution is -2.66. The predicted molar refractivity (Wildman–Crippen MR) is 199 cm³/mol. The summed E-state index contributed by atoms with van der Waals surface area (Å²) >= 11 is 5.48. The number of ketones is 2. The molecular weight excluding hydrogens is 717 g/mol. The van der Waals surface area contributed by atoms with Gasteiger partial charge in [-0.15, -0.1) is 11.8 Å².